The van der Waals surface area contributed by atoms with Crippen molar-refractivity contribution in [3.05, 3.63) is 72.3 Å². The third kappa shape index (κ3) is 10.6. The van der Waals surface area contributed by atoms with Gasteiger partial charge in [0.25, 0.3) is 0 Å². The van der Waals surface area contributed by atoms with Crippen LogP contribution in [0.5, 0.6) is 0 Å². The molecule has 2 aromatic carbocycles. The first-order valence-electron chi connectivity index (χ1n) is 12.2. The molecule has 0 aromatic heterocycles. The van der Waals surface area contributed by atoms with Crippen LogP contribution in [0.25, 0.3) is 0 Å². The van der Waals surface area contributed by atoms with E-state index >= 15 is 0 Å². The molecule has 0 bridgehead atoms. The second-order valence-electron chi connectivity index (χ2n) is 9.35. The van der Waals surface area contributed by atoms with Gasteiger partial charge in [-0.15, -0.1) is 6.58 Å². The van der Waals surface area contributed by atoms with Crippen LogP contribution in [-0.4, -0.2) is 41.0 Å². The second kappa shape index (κ2) is 14.4. The molecule has 0 fully saturated rings. The van der Waals surface area contributed by atoms with Crippen LogP contribution < -0.4 is 21.3 Å². The number of aliphatic carboxylic acids is 1. The molecule has 37 heavy (non-hydrogen) atoms. The number of aryl methyl sites for hydroxylation is 1. The number of rotatable bonds is 13. The zero-order valence-corrected chi connectivity index (χ0v) is 21.5. The van der Waals surface area contributed by atoms with Gasteiger partial charge >= 0.3 is 12.0 Å². The minimum Gasteiger partial charge on any atom is -0.481 e. The first-order valence-corrected chi connectivity index (χ1v) is 12.2. The number of urea groups is 1. The van der Waals surface area contributed by atoms with Crippen LogP contribution >= 0.6 is 0 Å². The Morgan fingerprint density at radius 2 is 1.65 bits per heavy atom. The normalized spacial score (nSPS) is 12.2. The number of amides is 4. The highest BCUT2D eigenvalue weighted by Gasteiger charge is 2.25. The summed E-state index contributed by atoms with van der Waals surface area (Å²) >= 11 is 0. The van der Waals surface area contributed by atoms with Gasteiger partial charge < -0.3 is 26.4 Å². The Kier molecular flexibility index (Phi) is 11.3. The Balaban J connectivity index is 1.95. The number of hydrogen-bond acceptors (Lipinski definition) is 4. The lowest BCUT2D eigenvalue weighted by Crippen LogP contribution is -2.50. The number of hydrogen-bond donors (Lipinski definition) is 5. The van der Waals surface area contributed by atoms with Gasteiger partial charge in [0.2, 0.25) is 11.8 Å². The van der Waals surface area contributed by atoms with Crippen molar-refractivity contribution in [1.29, 1.82) is 0 Å². The third-order valence-electron chi connectivity index (χ3n) is 5.55. The molecule has 0 aliphatic rings. The SMILES string of the molecule is C=CC[C@H](CC(=O)O)NC(=O)[C@H](CC(C)C)NC(=O)Cc1ccc(NC(=O)Nc2ccccc2C)cc1. The molecular formula is C28H36N4O5. The molecule has 5 N–H and O–H groups in total. The lowest BCUT2D eigenvalue weighted by atomic mass is 10.0. The maximum Gasteiger partial charge on any atom is 0.323 e. The van der Waals surface area contributed by atoms with Crippen molar-refractivity contribution < 1.29 is 24.3 Å². The standard InChI is InChI=1S/C28H36N4O5/c1-5-8-22(17-26(34)35)29-27(36)24(15-18(2)3)31-25(33)16-20-11-13-21(14-12-20)30-28(37)32-23-10-7-6-9-19(23)4/h5-7,9-14,18,22,24H,1,8,15-17H2,2-4H3,(H,29,36)(H,31,33)(H,34,35)(H2,30,32,37)/t22-,24+/m1/s1. The first-order chi connectivity index (χ1) is 17.6. The van der Waals surface area contributed by atoms with Gasteiger partial charge in [0, 0.05) is 17.4 Å². The van der Waals surface area contributed by atoms with Crippen LogP contribution in [0.3, 0.4) is 0 Å². The number of benzene rings is 2. The van der Waals surface area contributed by atoms with E-state index in [0.717, 1.165) is 5.56 Å². The predicted octanol–water partition coefficient (Wildman–Crippen LogP) is 4.25. The summed E-state index contributed by atoms with van der Waals surface area (Å²) in [6, 6.07) is 12.5. The molecule has 0 unspecified atom stereocenters. The highest BCUT2D eigenvalue weighted by Crippen LogP contribution is 2.15. The van der Waals surface area contributed by atoms with Gasteiger partial charge in [0.15, 0.2) is 0 Å². The molecule has 198 valence electrons. The fourth-order valence-corrected chi connectivity index (χ4v) is 3.74. The Labute approximate surface area is 217 Å². The molecule has 0 saturated carbocycles. The Hall–Kier alpha value is -4.14. The van der Waals surface area contributed by atoms with E-state index < -0.39 is 24.0 Å². The van der Waals surface area contributed by atoms with Gasteiger partial charge in [-0.1, -0.05) is 50.3 Å². The number of nitrogens with one attached hydrogen (secondary N) is 4. The molecule has 0 aliphatic heterocycles. The van der Waals surface area contributed by atoms with Crippen molar-refractivity contribution in [1.82, 2.24) is 10.6 Å². The summed E-state index contributed by atoms with van der Waals surface area (Å²) in [5.41, 5.74) is 2.94. The fraction of sp³-hybridized carbons (Fsp3) is 0.357. The Morgan fingerprint density at radius 1 is 0.973 bits per heavy atom. The molecule has 9 nitrogen and oxygen atoms in total. The summed E-state index contributed by atoms with van der Waals surface area (Å²) in [4.78, 5) is 48.9. The Morgan fingerprint density at radius 3 is 2.24 bits per heavy atom. The van der Waals surface area contributed by atoms with Crippen molar-refractivity contribution in [2.75, 3.05) is 10.6 Å². The molecule has 0 saturated heterocycles. The summed E-state index contributed by atoms with van der Waals surface area (Å²) in [5, 5.41) is 20.1. The van der Waals surface area contributed by atoms with Crippen molar-refractivity contribution >= 4 is 35.2 Å². The number of para-hydroxylation sites is 1. The topological polar surface area (TPSA) is 137 Å². The van der Waals surface area contributed by atoms with Gasteiger partial charge in [-0.05, 0) is 55.0 Å². The molecule has 0 aliphatic carbocycles. The molecule has 0 heterocycles. The van der Waals surface area contributed by atoms with Gasteiger partial charge in [-0.25, -0.2) is 4.79 Å². The predicted molar refractivity (Wildman–Crippen MR) is 144 cm³/mol. The monoisotopic (exact) mass is 508 g/mol. The first kappa shape index (κ1) is 29.1. The molecule has 2 aromatic rings. The number of anilines is 2. The summed E-state index contributed by atoms with van der Waals surface area (Å²) in [6.45, 7) is 9.38. The van der Waals surface area contributed by atoms with Crippen molar-refractivity contribution in [2.24, 2.45) is 5.92 Å². The van der Waals surface area contributed by atoms with Crippen molar-refractivity contribution in [3.8, 4) is 0 Å². The van der Waals surface area contributed by atoms with Crippen molar-refractivity contribution in [3.63, 3.8) is 0 Å². The van der Waals surface area contributed by atoms with Crippen LogP contribution in [0.4, 0.5) is 16.2 Å². The zero-order chi connectivity index (χ0) is 27.4. The number of carboxylic acid groups (broad SMARTS) is 1. The summed E-state index contributed by atoms with van der Waals surface area (Å²) in [6.07, 6.45) is 2.08. The molecule has 9 heteroatoms. The highest BCUT2D eigenvalue weighted by atomic mass is 16.4. The van der Waals surface area contributed by atoms with E-state index in [1.807, 2.05) is 45.0 Å². The number of carbonyl (C=O) groups excluding carboxylic acids is 3. The largest absolute Gasteiger partial charge is 0.481 e. The number of carbonyl (C=O) groups is 4. The maximum absolute atomic E-state index is 12.8. The highest BCUT2D eigenvalue weighted by molar-refractivity contribution is 6.00. The summed E-state index contributed by atoms with van der Waals surface area (Å²) in [7, 11) is 0. The van der Waals surface area contributed by atoms with Gasteiger partial charge in [0.1, 0.15) is 6.04 Å². The van der Waals surface area contributed by atoms with Crippen LogP contribution in [0.2, 0.25) is 0 Å². The average molecular weight is 509 g/mol. The average Bonchev–Trinajstić information content (AvgIpc) is 2.81. The zero-order valence-electron chi connectivity index (χ0n) is 21.5. The van der Waals surface area contributed by atoms with E-state index in [4.69, 9.17) is 5.11 Å². The molecule has 2 rings (SSSR count). The van der Waals surface area contributed by atoms with Crippen LogP contribution in [-0.2, 0) is 20.8 Å². The molecule has 0 radical (unpaired) electrons. The smallest absolute Gasteiger partial charge is 0.323 e. The lowest BCUT2D eigenvalue weighted by Gasteiger charge is -2.23. The quantitative estimate of drug-likeness (QED) is 0.258. The summed E-state index contributed by atoms with van der Waals surface area (Å²) in [5.74, 6) is -1.65. The maximum atomic E-state index is 12.8. The van der Waals surface area contributed by atoms with Gasteiger partial charge in [-0.2, -0.15) is 0 Å². The van der Waals surface area contributed by atoms with Crippen LogP contribution in [0.15, 0.2) is 61.2 Å². The third-order valence-corrected chi connectivity index (χ3v) is 5.55. The summed E-state index contributed by atoms with van der Waals surface area (Å²) < 4.78 is 0. The minimum absolute atomic E-state index is 0.0444. The second-order valence-corrected chi connectivity index (χ2v) is 9.35. The van der Waals surface area contributed by atoms with Crippen molar-refractivity contribution in [2.45, 2.75) is 58.5 Å². The molecule has 2 atom stereocenters. The fourth-order valence-electron chi connectivity index (χ4n) is 3.74. The van der Waals surface area contributed by atoms with E-state index in [1.54, 1.807) is 30.3 Å². The molecule has 0 spiro atoms. The lowest BCUT2D eigenvalue weighted by molar-refractivity contribution is -0.138. The minimum atomic E-state index is -1.03. The van der Waals surface area contributed by atoms with Crippen LogP contribution in [0.1, 0.15) is 44.2 Å². The van der Waals surface area contributed by atoms with E-state index in [1.165, 1.54) is 0 Å². The van der Waals surface area contributed by atoms with Crippen LogP contribution in [0, 0.1) is 12.8 Å². The van der Waals surface area contributed by atoms with Gasteiger partial charge in [0.05, 0.1) is 12.8 Å². The van der Waals surface area contributed by atoms with E-state index in [9.17, 15) is 19.2 Å². The molecule has 4 amide bonds. The molecular weight excluding hydrogens is 472 g/mol. The van der Waals surface area contributed by atoms with E-state index in [0.29, 0.717) is 29.8 Å². The van der Waals surface area contributed by atoms with Gasteiger partial charge in [-0.3, -0.25) is 14.4 Å². The number of carboxylic acids is 1. The Bertz CT molecular complexity index is 1100. The van der Waals surface area contributed by atoms with E-state index in [2.05, 4.69) is 27.8 Å². The van der Waals surface area contributed by atoms with E-state index in [-0.39, 0.29) is 30.7 Å².